The van der Waals surface area contributed by atoms with Gasteiger partial charge in [0.25, 0.3) is 0 Å². The third kappa shape index (κ3) is 16.4. The van der Waals surface area contributed by atoms with Crippen molar-refractivity contribution in [2.45, 2.75) is 78.6 Å². The van der Waals surface area contributed by atoms with Crippen LogP contribution < -0.4 is 80.2 Å². The van der Waals surface area contributed by atoms with Gasteiger partial charge in [0, 0.05) is 0 Å². The molecule has 0 saturated carbocycles. The Balaban J connectivity index is 0.000000274. The van der Waals surface area contributed by atoms with Crippen LogP contribution in [-0.2, 0) is 0 Å². The van der Waals surface area contributed by atoms with Gasteiger partial charge in [0.05, 0.1) is 0 Å². The van der Waals surface area contributed by atoms with Gasteiger partial charge in [-0.15, -0.1) is 28.2 Å². The molecule has 76 heavy (non-hydrogen) atoms. The summed E-state index contributed by atoms with van der Waals surface area (Å²) < 4.78 is 23.5. The maximum Gasteiger partial charge on any atom is 1.00 e. The van der Waals surface area contributed by atoms with Gasteiger partial charge in [0.2, 0.25) is 0 Å². The van der Waals surface area contributed by atoms with Gasteiger partial charge in [-0.3, -0.25) is 0 Å². The molecule has 8 aromatic carbocycles. The van der Waals surface area contributed by atoms with Crippen molar-refractivity contribution in [3.63, 3.8) is 0 Å². The van der Waals surface area contributed by atoms with Crippen LogP contribution >= 0.6 is 28.2 Å². The molecule has 0 aliphatic carbocycles. The van der Waals surface area contributed by atoms with E-state index in [0.29, 0.717) is 0 Å². The average Bonchev–Trinajstić information content (AvgIpc) is 3.38. The molecule has 0 heterocycles. The van der Waals surface area contributed by atoms with Gasteiger partial charge in [-0.25, -0.2) is 0 Å². The minimum Gasteiger partial charge on any atom is -0.361 e. The molecule has 0 bridgehead atoms. The molecule has 0 aliphatic heterocycles. The smallest absolute Gasteiger partial charge is 0.361 e. The second-order valence-electron chi connectivity index (χ2n) is 22.5. The predicted molar refractivity (Wildman–Crippen MR) is 346 cm³/mol. The molecule has 0 atom stereocenters. The van der Waals surface area contributed by atoms with Crippen molar-refractivity contribution in [2.75, 3.05) is 0 Å². The molecule has 0 aliphatic rings. The second-order valence-corrected chi connectivity index (χ2v) is 53.9. The van der Waals surface area contributed by atoms with Gasteiger partial charge >= 0.3 is 37.7 Å². The molecule has 0 saturated heterocycles. The fourth-order valence-electron chi connectivity index (χ4n) is 8.98. The van der Waals surface area contributed by atoms with Crippen LogP contribution in [-0.4, -0.2) is 32.9 Å². The van der Waals surface area contributed by atoms with E-state index in [2.05, 4.69) is 333 Å². The van der Waals surface area contributed by atoms with Crippen molar-refractivity contribution in [3.05, 3.63) is 254 Å². The Labute approximate surface area is 487 Å². The van der Waals surface area contributed by atoms with Crippen molar-refractivity contribution in [2.24, 2.45) is 17.6 Å². The molecular formula is C62H76Li2N4P4Si4. The fourth-order valence-corrected chi connectivity index (χ4v) is 42.5. The van der Waals surface area contributed by atoms with Crippen molar-refractivity contribution in [1.29, 1.82) is 0 Å². The number of hydrogen-bond acceptors (Lipinski definition) is 4. The van der Waals surface area contributed by atoms with Gasteiger partial charge in [-0.05, 0) is 42.4 Å². The quantitative estimate of drug-likeness (QED) is 0.0526. The number of nitrogens with zero attached hydrogens (tertiary/aromatic N) is 4. The normalized spacial score (nSPS) is 12.4. The molecule has 14 heteroatoms. The van der Waals surface area contributed by atoms with Gasteiger partial charge in [-0.2, -0.15) is 0 Å². The van der Waals surface area contributed by atoms with E-state index in [1.807, 2.05) is 0 Å². The van der Waals surface area contributed by atoms with Crippen LogP contribution in [0.1, 0.15) is 0 Å². The Kier molecular flexibility index (Phi) is 22.8. The van der Waals surface area contributed by atoms with Crippen LogP contribution in [0.3, 0.4) is 0 Å². The minimum atomic E-state index is -2.45. The van der Waals surface area contributed by atoms with Gasteiger partial charge in [0.1, 0.15) is 0 Å². The minimum absolute atomic E-state index is 0. The molecule has 0 amide bonds. The largest absolute Gasteiger partial charge is 1.00 e. The molecule has 8 aromatic rings. The van der Waals surface area contributed by atoms with E-state index >= 15 is 0 Å². The molecular weight excluding hydrogens is 1050 g/mol. The Morgan fingerprint density at radius 1 is 0.211 bits per heavy atom. The van der Waals surface area contributed by atoms with Crippen LogP contribution in [0.2, 0.25) is 78.6 Å². The van der Waals surface area contributed by atoms with Gasteiger partial charge in [0.15, 0.2) is 32.9 Å². The molecule has 0 fully saturated rings. The zero-order chi connectivity index (χ0) is 53.1. The molecule has 0 aromatic heterocycles. The van der Waals surface area contributed by atoms with Crippen LogP contribution in [0.4, 0.5) is 0 Å². The van der Waals surface area contributed by atoms with Gasteiger partial charge in [-0.1, -0.05) is 321 Å². The summed E-state index contributed by atoms with van der Waals surface area (Å²) in [4.78, 5) is 0. The zero-order valence-corrected chi connectivity index (χ0v) is 55.2. The predicted octanol–water partition coefficient (Wildman–Crippen LogP) is 10.7. The van der Waals surface area contributed by atoms with E-state index in [1.165, 1.54) is 42.4 Å². The molecule has 0 N–H and O–H groups in total. The van der Waals surface area contributed by atoms with Crippen LogP contribution in [0.15, 0.2) is 260 Å². The maximum atomic E-state index is 5.87. The van der Waals surface area contributed by atoms with E-state index in [1.54, 1.807) is 0 Å². The first-order valence-corrected chi connectivity index (χ1v) is 46.4. The van der Waals surface area contributed by atoms with Crippen LogP contribution in [0.5, 0.6) is 0 Å². The maximum absolute atomic E-state index is 5.87. The van der Waals surface area contributed by atoms with E-state index < -0.39 is 61.2 Å². The molecule has 0 spiro atoms. The topological polar surface area (TPSA) is 49.4 Å². The summed E-state index contributed by atoms with van der Waals surface area (Å²) in [7, 11) is -17.5. The Morgan fingerprint density at radius 3 is 0.408 bits per heavy atom. The van der Waals surface area contributed by atoms with Crippen molar-refractivity contribution in [3.8, 4) is 0 Å². The number of rotatable bonds is 16. The second kappa shape index (κ2) is 27.3. The summed E-state index contributed by atoms with van der Waals surface area (Å²) >= 11 is 0. The first kappa shape index (κ1) is 63.6. The van der Waals surface area contributed by atoms with Crippen LogP contribution in [0, 0.1) is 11.8 Å². The zero-order valence-electron chi connectivity index (χ0n) is 47.7. The first-order chi connectivity index (χ1) is 35.1. The van der Waals surface area contributed by atoms with E-state index in [-0.39, 0.29) is 37.7 Å². The third-order valence-corrected chi connectivity index (χ3v) is 38.8. The number of hydrogen-bond donors (Lipinski definition) is 0. The van der Waals surface area contributed by atoms with E-state index in [4.69, 9.17) is 17.6 Å². The summed E-state index contributed by atoms with van der Waals surface area (Å²) in [6.45, 7) is 28.1. The van der Waals surface area contributed by atoms with Gasteiger partial charge < -0.3 is 29.4 Å². The standard InChI is InChI=1S/2C31H38N2P2Si2.2Li/c2*1-36(2,3)32-34(28-19-11-7-12-20-28,29-21-13-8-14-22-29)27-35(33-37(4,5)6,30-23-15-9-16-24-30)31-25-17-10-18-26-31;;/h2*7-26H,1-6H3;;/q2*-1;2*+1. The number of benzene rings is 8. The fraction of sp³-hybridized carbons (Fsp3) is 0.194. The Bertz CT molecular complexity index is 2660. The summed E-state index contributed by atoms with van der Waals surface area (Å²) in [5.74, 6) is 8.84. The van der Waals surface area contributed by atoms with E-state index in [9.17, 15) is 0 Å². The van der Waals surface area contributed by atoms with Crippen molar-refractivity contribution < 1.29 is 37.7 Å². The average molecular weight is 1130 g/mol. The summed E-state index contributed by atoms with van der Waals surface area (Å²) in [6.07, 6.45) is 0. The van der Waals surface area contributed by atoms with Crippen molar-refractivity contribution >= 4 is 104 Å². The molecule has 0 unspecified atom stereocenters. The molecule has 2 radical (unpaired) electrons. The Morgan fingerprint density at radius 2 is 0.316 bits per heavy atom. The Hall–Kier alpha value is -3.26. The summed E-state index contributed by atoms with van der Waals surface area (Å²) in [5, 5.41) is 10.0. The van der Waals surface area contributed by atoms with E-state index in [0.717, 1.165) is 0 Å². The first-order valence-electron chi connectivity index (χ1n) is 25.7. The monoisotopic (exact) mass is 1130 g/mol. The molecule has 8 rings (SSSR count). The summed E-state index contributed by atoms with van der Waals surface area (Å²) in [5.41, 5.74) is 0. The molecule has 4 nitrogen and oxygen atoms in total. The van der Waals surface area contributed by atoms with Crippen molar-refractivity contribution in [1.82, 2.24) is 0 Å². The molecule has 382 valence electrons. The SMILES string of the molecule is C[Si](C)(C)N=P([C-]P(=N[Si](C)(C)C)(c1ccccc1)c1ccccc1)(c1ccccc1)c1ccccc1.C[Si](C)(C)N=P([C-]P(=N[Si](C)(C)C)(c1ccccc1)c1ccccc1)(c1ccccc1)c1ccccc1.[Li+].[Li+]. The third-order valence-electron chi connectivity index (χ3n) is 11.4. The van der Waals surface area contributed by atoms with Crippen LogP contribution in [0.25, 0.3) is 0 Å². The summed E-state index contributed by atoms with van der Waals surface area (Å²) in [6, 6.07) is 87.3.